The smallest absolute Gasteiger partial charge is 0.264 e. The third-order valence-corrected chi connectivity index (χ3v) is 4.38. The maximum Gasteiger partial charge on any atom is 0.264 e. The van der Waals surface area contributed by atoms with E-state index in [9.17, 15) is 17.2 Å². The summed E-state index contributed by atoms with van der Waals surface area (Å²) in [5, 5.41) is 0. The van der Waals surface area contributed by atoms with Gasteiger partial charge >= 0.3 is 0 Å². The van der Waals surface area contributed by atoms with E-state index in [0.717, 1.165) is 17.7 Å². The summed E-state index contributed by atoms with van der Waals surface area (Å²) < 4.78 is 52.8. The summed E-state index contributed by atoms with van der Waals surface area (Å²) in [5.41, 5.74) is 7.32. The van der Waals surface area contributed by atoms with Gasteiger partial charge in [-0.3, -0.25) is 4.72 Å². The Morgan fingerprint density at radius 3 is 2.43 bits per heavy atom. The number of nitrogen functional groups attached to an aromatic ring is 1. The van der Waals surface area contributed by atoms with Crippen LogP contribution in [0.3, 0.4) is 0 Å². The molecule has 0 bridgehead atoms. The van der Waals surface area contributed by atoms with Gasteiger partial charge in [-0.1, -0.05) is 13.0 Å². The first kappa shape index (κ1) is 15.2. The number of benzene rings is 2. The van der Waals surface area contributed by atoms with Crippen molar-refractivity contribution in [3.05, 3.63) is 53.6 Å². The van der Waals surface area contributed by atoms with Crippen molar-refractivity contribution >= 4 is 21.4 Å². The summed E-state index contributed by atoms with van der Waals surface area (Å²) in [4.78, 5) is -0.623. The Hall–Kier alpha value is -2.15. The second-order valence-corrected chi connectivity index (χ2v) is 6.10. The zero-order valence-corrected chi connectivity index (χ0v) is 12.0. The van der Waals surface area contributed by atoms with Gasteiger partial charge < -0.3 is 5.73 Å². The van der Waals surface area contributed by atoms with Crippen molar-refractivity contribution in [1.82, 2.24) is 0 Å². The Balaban J connectivity index is 2.35. The predicted octanol–water partition coefficient (Wildman–Crippen LogP) is 2.91. The van der Waals surface area contributed by atoms with Crippen LogP contribution in [0.2, 0.25) is 0 Å². The molecule has 0 aromatic heterocycles. The zero-order chi connectivity index (χ0) is 15.6. The van der Waals surface area contributed by atoms with Crippen LogP contribution in [0.25, 0.3) is 0 Å². The summed E-state index contributed by atoms with van der Waals surface area (Å²) in [6.45, 7) is 1.92. The molecule has 0 saturated carbocycles. The molecule has 2 aromatic carbocycles. The summed E-state index contributed by atoms with van der Waals surface area (Å²) in [6, 6.07) is 6.95. The van der Waals surface area contributed by atoms with Crippen molar-refractivity contribution in [3.63, 3.8) is 0 Å². The minimum atomic E-state index is -4.14. The number of anilines is 2. The minimum Gasteiger partial charge on any atom is -0.398 e. The van der Waals surface area contributed by atoms with Crippen LogP contribution >= 0.6 is 0 Å². The topological polar surface area (TPSA) is 72.2 Å². The Bertz CT molecular complexity index is 777. The standard InChI is InChI=1S/C14H14F2N2O2S/c1-2-9-3-5-11(8-13(9)17)18-21(19,20)14-6-4-10(15)7-12(14)16/h3-8,18H,2,17H2,1H3. The van der Waals surface area contributed by atoms with Gasteiger partial charge in [0, 0.05) is 11.8 Å². The maximum absolute atomic E-state index is 13.6. The van der Waals surface area contributed by atoms with Crippen LogP contribution in [0, 0.1) is 11.6 Å². The molecule has 0 unspecified atom stereocenters. The molecule has 21 heavy (non-hydrogen) atoms. The average Bonchev–Trinajstić information content (AvgIpc) is 2.37. The first-order valence-electron chi connectivity index (χ1n) is 6.19. The summed E-state index contributed by atoms with van der Waals surface area (Å²) in [7, 11) is -4.14. The van der Waals surface area contributed by atoms with E-state index < -0.39 is 26.6 Å². The van der Waals surface area contributed by atoms with Crippen molar-refractivity contribution in [1.29, 1.82) is 0 Å². The molecule has 0 spiro atoms. The van der Waals surface area contributed by atoms with Gasteiger partial charge in [0.15, 0.2) is 0 Å². The monoisotopic (exact) mass is 312 g/mol. The van der Waals surface area contributed by atoms with Crippen molar-refractivity contribution < 1.29 is 17.2 Å². The molecule has 0 aliphatic heterocycles. The highest BCUT2D eigenvalue weighted by molar-refractivity contribution is 7.92. The van der Waals surface area contributed by atoms with E-state index in [2.05, 4.69) is 4.72 Å². The quantitative estimate of drug-likeness (QED) is 0.853. The van der Waals surface area contributed by atoms with Gasteiger partial charge in [-0.15, -0.1) is 0 Å². The molecular weight excluding hydrogens is 298 g/mol. The average molecular weight is 312 g/mol. The Morgan fingerprint density at radius 1 is 1.14 bits per heavy atom. The van der Waals surface area contributed by atoms with E-state index in [1.807, 2.05) is 6.92 Å². The first-order valence-corrected chi connectivity index (χ1v) is 7.68. The van der Waals surface area contributed by atoms with Crippen molar-refractivity contribution in [2.75, 3.05) is 10.5 Å². The Labute approximate surface area is 121 Å². The Kier molecular flexibility index (Phi) is 4.13. The van der Waals surface area contributed by atoms with Crippen molar-refractivity contribution in [2.24, 2.45) is 0 Å². The largest absolute Gasteiger partial charge is 0.398 e. The molecule has 0 amide bonds. The SMILES string of the molecule is CCc1ccc(NS(=O)(=O)c2ccc(F)cc2F)cc1N. The van der Waals surface area contributed by atoms with E-state index >= 15 is 0 Å². The number of aryl methyl sites for hydroxylation is 1. The van der Waals surface area contributed by atoms with Crippen LogP contribution in [0.15, 0.2) is 41.3 Å². The summed E-state index contributed by atoms with van der Waals surface area (Å²) in [6.07, 6.45) is 0.714. The molecule has 7 heteroatoms. The van der Waals surface area contributed by atoms with Crippen LogP contribution < -0.4 is 10.5 Å². The second kappa shape index (κ2) is 5.69. The number of hydrogen-bond acceptors (Lipinski definition) is 3. The molecule has 0 fully saturated rings. The number of sulfonamides is 1. The highest BCUT2D eigenvalue weighted by Gasteiger charge is 2.19. The van der Waals surface area contributed by atoms with E-state index in [0.29, 0.717) is 18.2 Å². The number of nitrogens with two attached hydrogens (primary N) is 1. The van der Waals surface area contributed by atoms with Crippen LogP contribution in [-0.2, 0) is 16.4 Å². The lowest BCUT2D eigenvalue weighted by Gasteiger charge is -2.11. The lowest BCUT2D eigenvalue weighted by atomic mass is 10.1. The lowest BCUT2D eigenvalue weighted by molar-refractivity contribution is 0.551. The fraction of sp³-hybridized carbons (Fsp3) is 0.143. The first-order chi connectivity index (χ1) is 9.83. The zero-order valence-electron chi connectivity index (χ0n) is 11.2. The highest BCUT2D eigenvalue weighted by Crippen LogP contribution is 2.23. The van der Waals surface area contributed by atoms with Gasteiger partial charge in [-0.2, -0.15) is 0 Å². The van der Waals surface area contributed by atoms with Gasteiger partial charge in [0.2, 0.25) is 0 Å². The molecule has 0 aliphatic carbocycles. The number of nitrogens with one attached hydrogen (secondary N) is 1. The molecule has 0 radical (unpaired) electrons. The molecule has 0 aliphatic rings. The molecule has 0 saturated heterocycles. The normalized spacial score (nSPS) is 11.4. The van der Waals surface area contributed by atoms with Gasteiger partial charge in [-0.05, 0) is 36.2 Å². The molecule has 2 aromatic rings. The maximum atomic E-state index is 13.6. The van der Waals surface area contributed by atoms with Crippen molar-refractivity contribution in [2.45, 2.75) is 18.2 Å². The van der Waals surface area contributed by atoms with Crippen LogP contribution in [-0.4, -0.2) is 8.42 Å². The van der Waals surface area contributed by atoms with E-state index in [1.165, 1.54) is 12.1 Å². The molecule has 4 nitrogen and oxygen atoms in total. The Morgan fingerprint density at radius 2 is 1.86 bits per heavy atom. The molecular formula is C14H14F2N2O2S. The van der Waals surface area contributed by atoms with Crippen LogP contribution in [0.1, 0.15) is 12.5 Å². The predicted molar refractivity (Wildman–Crippen MR) is 77.4 cm³/mol. The van der Waals surface area contributed by atoms with Crippen molar-refractivity contribution in [3.8, 4) is 0 Å². The van der Waals surface area contributed by atoms with Gasteiger partial charge in [0.25, 0.3) is 10.0 Å². The van der Waals surface area contributed by atoms with Gasteiger partial charge in [0.1, 0.15) is 16.5 Å². The molecule has 112 valence electrons. The number of hydrogen-bond donors (Lipinski definition) is 2. The molecule has 3 N–H and O–H groups in total. The second-order valence-electron chi connectivity index (χ2n) is 4.45. The third-order valence-electron chi connectivity index (χ3n) is 2.96. The van der Waals surface area contributed by atoms with E-state index in [-0.39, 0.29) is 5.69 Å². The highest BCUT2D eigenvalue weighted by atomic mass is 32.2. The fourth-order valence-electron chi connectivity index (χ4n) is 1.88. The molecule has 0 heterocycles. The van der Waals surface area contributed by atoms with Crippen LogP contribution in [0.5, 0.6) is 0 Å². The summed E-state index contributed by atoms with van der Waals surface area (Å²) in [5.74, 6) is -2.00. The van der Waals surface area contributed by atoms with E-state index in [1.54, 1.807) is 6.07 Å². The fourth-order valence-corrected chi connectivity index (χ4v) is 2.99. The molecule has 0 atom stereocenters. The summed E-state index contributed by atoms with van der Waals surface area (Å²) >= 11 is 0. The van der Waals surface area contributed by atoms with Gasteiger partial charge in [0.05, 0.1) is 5.69 Å². The lowest BCUT2D eigenvalue weighted by Crippen LogP contribution is -2.15. The van der Waals surface area contributed by atoms with Crippen LogP contribution in [0.4, 0.5) is 20.2 Å². The van der Waals surface area contributed by atoms with E-state index in [4.69, 9.17) is 5.73 Å². The number of halogens is 2. The third kappa shape index (κ3) is 3.30. The molecule has 2 rings (SSSR count). The minimum absolute atomic E-state index is 0.216. The van der Waals surface area contributed by atoms with Gasteiger partial charge in [-0.25, -0.2) is 17.2 Å². The number of rotatable bonds is 4.